The van der Waals surface area contributed by atoms with Crippen molar-refractivity contribution in [3.05, 3.63) is 40.4 Å². The standard InChI is InChI=1S/C19H24ClN3O/c1-4-19(2,3)17-16-12-23(9-8-13(16)11-21-17)18(24)22-15-7-5-6-14(20)10-15/h5-7,10H,4,8-9,11-12H2,1-3H3,(H,22,24). The van der Waals surface area contributed by atoms with E-state index in [0.29, 0.717) is 11.6 Å². The van der Waals surface area contributed by atoms with Gasteiger partial charge in [0.15, 0.2) is 0 Å². The molecular formula is C19H24ClN3O. The van der Waals surface area contributed by atoms with Gasteiger partial charge in [-0.2, -0.15) is 0 Å². The molecule has 24 heavy (non-hydrogen) atoms. The zero-order valence-electron chi connectivity index (χ0n) is 14.5. The molecule has 0 radical (unpaired) electrons. The fourth-order valence-electron chi connectivity index (χ4n) is 3.22. The summed E-state index contributed by atoms with van der Waals surface area (Å²) in [6, 6.07) is 7.16. The molecule has 2 amide bonds. The van der Waals surface area contributed by atoms with Crippen LogP contribution < -0.4 is 5.32 Å². The molecule has 0 bridgehead atoms. The Morgan fingerprint density at radius 1 is 1.42 bits per heavy atom. The van der Waals surface area contributed by atoms with E-state index in [2.05, 4.69) is 26.1 Å². The second kappa shape index (κ2) is 6.60. The Balaban J connectivity index is 1.72. The predicted octanol–water partition coefficient (Wildman–Crippen LogP) is 4.77. The normalized spacial score (nSPS) is 17.7. The first-order chi connectivity index (χ1) is 11.4. The minimum atomic E-state index is -0.0793. The van der Waals surface area contributed by atoms with Gasteiger partial charge < -0.3 is 10.2 Å². The molecule has 0 saturated carbocycles. The molecule has 0 aliphatic carbocycles. The number of urea groups is 1. The highest BCUT2D eigenvalue weighted by molar-refractivity contribution is 6.30. The number of hydrogen-bond donors (Lipinski definition) is 1. The van der Waals surface area contributed by atoms with Crippen LogP contribution in [-0.2, 0) is 0 Å². The first-order valence-electron chi connectivity index (χ1n) is 8.48. The Kier molecular flexibility index (Phi) is 4.68. The third-order valence-electron chi connectivity index (χ3n) is 5.06. The van der Waals surface area contributed by atoms with Gasteiger partial charge in [-0.1, -0.05) is 38.4 Å². The summed E-state index contributed by atoms with van der Waals surface area (Å²) in [6.07, 6.45) is 1.95. The van der Waals surface area contributed by atoms with Crippen LogP contribution in [0, 0.1) is 5.41 Å². The first kappa shape index (κ1) is 17.0. The summed E-state index contributed by atoms with van der Waals surface area (Å²) in [4.78, 5) is 19.2. The minimum Gasteiger partial charge on any atom is -0.320 e. The Hall–Kier alpha value is -1.81. The van der Waals surface area contributed by atoms with Gasteiger partial charge in [0.1, 0.15) is 0 Å². The van der Waals surface area contributed by atoms with Crippen molar-refractivity contribution in [2.24, 2.45) is 10.4 Å². The smallest absolute Gasteiger partial charge is 0.320 e. The molecule has 2 heterocycles. The van der Waals surface area contributed by atoms with E-state index < -0.39 is 0 Å². The molecule has 1 aromatic rings. The lowest BCUT2D eigenvalue weighted by molar-refractivity contribution is 0.214. The predicted molar refractivity (Wildman–Crippen MR) is 100 cm³/mol. The molecule has 2 aliphatic heterocycles. The van der Waals surface area contributed by atoms with Crippen molar-refractivity contribution in [3.63, 3.8) is 0 Å². The summed E-state index contributed by atoms with van der Waals surface area (Å²) in [7, 11) is 0. The van der Waals surface area contributed by atoms with Crippen molar-refractivity contribution >= 4 is 29.0 Å². The van der Waals surface area contributed by atoms with Crippen molar-refractivity contribution < 1.29 is 4.79 Å². The van der Waals surface area contributed by atoms with Gasteiger partial charge in [0.2, 0.25) is 0 Å². The van der Waals surface area contributed by atoms with Gasteiger partial charge in [0, 0.05) is 34.9 Å². The van der Waals surface area contributed by atoms with E-state index in [1.165, 1.54) is 16.9 Å². The molecule has 5 heteroatoms. The SMILES string of the molecule is CCC(C)(C)C1=NCC2=C1CN(C(=O)Nc1cccc(Cl)c1)CC2. The van der Waals surface area contributed by atoms with Crippen LogP contribution in [0.3, 0.4) is 0 Å². The number of rotatable bonds is 3. The molecule has 0 fully saturated rings. The lowest BCUT2D eigenvalue weighted by Gasteiger charge is -2.32. The zero-order valence-corrected chi connectivity index (χ0v) is 15.3. The largest absolute Gasteiger partial charge is 0.322 e. The van der Waals surface area contributed by atoms with E-state index in [4.69, 9.17) is 16.6 Å². The molecule has 2 aliphatic rings. The Morgan fingerprint density at radius 2 is 2.21 bits per heavy atom. The van der Waals surface area contributed by atoms with Crippen molar-refractivity contribution in [3.8, 4) is 0 Å². The number of anilines is 1. The molecule has 1 N–H and O–H groups in total. The molecule has 0 spiro atoms. The third-order valence-corrected chi connectivity index (χ3v) is 5.30. The first-order valence-corrected chi connectivity index (χ1v) is 8.86. The molecule has 128 valence electrons. The molecule has 4 nitrogen and oxygen atoms in total. The molecule has 3 rings (SSSR count). The number of benzene rings is 1. The van der Waals surface area contributed by atoms with Crippen molar-refractivity contribution in [2.45, 2.75) is 33.6 Å². The summed E-state index contributed by atoms with van der Waals surface area (Å²) in [5, 5.41) is 3.56. The van der Waals surface area contributed by atoms with Crippen LogP contribution in [-0.4, -0.2) is 36.3 Å². The molecule has 0 atom stereocenters. The van der Waals surface area contributed by atoms with Crippen molar-refractivity contribution in [1.82, 2.24) is 4.90 Å². The maximum atomic E-state index is 12.6. The van der Waals surface area contributed by atoms with E-state index >= 15 is 0 Å². The van der Waals surface area contributed by atoms with E-state index in [1.54, 1.807) is 12.1 Å². The zero-order chi connectivity index (χ0) is 17.3. The second-order valence-electron chi connectivity index (χ2n) is 7.10. The van der Waals surface area contributed by atoms with Crippen LogP contribution in [0.1, 0.15) is 33.6 Å². The number of carbonyl (C=O) groups excluding carboxylic acids is 1. The summed E-state index contributed by atoms with van der Waals surface area (Å²) in [5.41, 5.74) is 4.64. The van der Waals surface area contributed by atoms with Crippen molar-refractivity contribution in [1.29, 1.82) is 0 Å². The van der Waals surface area contributed by atoms with Crippen LogP contribution >= 0.6 is 11.6 Å². The highest BCUT2D eigenvalue weighted by Gasteiger charge is 2.34. The third kappa shape index (κ3) is 3.34. The molecular weight excluding hydrogens is 322 g/mol. The Bertz CT molecular complexity index is 721. The monoisotopic (exact) mass is 345 g/mol. The number of halogens is 1. The minimum absolute atomic E-state index is 0.0591. The van der Waals surface area contributed by atoms with Crippen LogP contribution in [0.5, 0.6) is 0 Å². The van der Waals surface area contributed by atoms with Gasteiger partial charge in [-0.3, -0.25) is 4.99 Å². The van der Waals surface area contributed by atoms with Crippen molar-refractivity contribution in [2.75, 3.05) is 25.0 Å². The summed E-state index contributed by atoms with van der Waals surface area (Å²) in [5.74, 6) is 0. The molecule has 0 unspecified atom stereocenters. The van der Waals surface area contributed by atoms with Crippen LogP contribution in [0.25, 0.3) is 0 Å². The maximum absolute atomic E-state index is 12.6. The van der Waals surface area contributed by atoms with Crippen LogP contribution in [0.15, 0.2) is 40.4 Å². The Labute approximate surface area is 148 Å². The number of nitrogens with one attached hydrogen (secondary N) is 1. The van der Waals surface area contributed by atoms with Crippen LogP contribution in [0.2, 0.25) is 5.02 Å². The second-order valence-corrected chi connectivity index (χ2v) is 7.53. The summed E-state index contributed by atoms with van der Waals surface area (Å²) in [6.45, 7) is 8.83. The van der Waals surface area contributed by atoms with Gasteiger partial charge in [0.05, 0.1) is 6.54 Å². The van der Waals surface area contributed by atoms with E-state index in [-0.39, 0.29) is 11.4 Å². The van der Waals surface area contributed by atoms with E-state index in [0.717, 1.165) is 31.6 Å². The van der Waals surface area contributed by atoms with E-state index in [9.17, 15) is 4.79 Å². The molecule has 1 aromatic carbocycles. The number of carbonyl (C=O) groups is 1. The fraction of sp³-hybridized carbons (Fsp3) is 0.474. The summed E-state index contributed by atoms with van der Waals surface area (Å²) < 4.78 is 0. The maximum Gasteiger partial charge on any atom is 0.322 e. The number of aliphatic imine (C=N–C) groups is 1. The van der Waals surface area contributed by atoms with E-state index in [1.807, 2.05) is 17.0 Å². The van der Waals surface area contributed by atoms with Gasteiger partial charge in [-0.05, 0) is 42.2 Å². The lowest BCUT2D eigenvalue weighted by atomic mass is 9.79. The fourth-order valence-corrected chi connectivity index (χ4v) is 3.41. The average Bonchev–Trinajstić information content (AvgIpc) is 2.98. The van der Waals surface area contributed by atoms with Gasteiger partial charge >= 0.3 is 6.03 Å². The summed E-state index contributed by atoms with van der Waals surface area (Å²) >= 11 is 5.98. The Morgan fingerprint density at radius 3 is 2.92 bits per heavy atom. The number of amides is 2. The quantitative estimate of drug-likeness (QED) is 0.843. The lowest BCUT2D eigenvalue weighted by Crippen LogP contribution is -2.42. The molecule has 0 saturated heterocycles. The highest BCUT2D eigenvalue weighted by Crippen LogP contribution is 2.35. The number of nitrogens with zero attached hydrogens (tertiary/aromatic N) is 2. The highest BCUT2D eigenvalue weighted by atomic mass is 35.5. The number of hydrogen-bond acceptors (Lipinski definition) is 2. The van der Waals surface area contributed by atoms with Gasteiger partial charge in [-0.15, -0.1) is 0 Å². The van der Waals surface area contributed by atoms with Gasteiger partial charge in [-0.25, -0.2) is 4.79 Å². The van der Waals surface area contributed by atoms with Gasteiger partial charge in [0.25, 0.3) is 0 Å². The molecule has 0 aromatic heterocycles. The topological polar surface area (TPSA) is 44.7 Å². The van der Waals surface area contributed by atoms with Crippen LogP contribution in [0.4, 0.5) is 10.5 Å². The average molecular weight is 346 g/mol.